The summed E-state index contributed by atoms with van der Waals surface area (Å²) in [6.07, 6.45) is 1.00. The fourth-order valence-electron chi connectivity index (χ4n) is 4.39. The van der Waals surface area contributed by atoms with Crippen LogP contribution in [0, 0.1) is 5.82 Å². The first-order chi connectivity index (χ1) is 20.1. The van der Waals surface area contributed by atoms with Gasteiger partial charge in [0.15, 0.2) is 11.5 Å². The Morgan fingerprint density at radius 2 is 1.50 bits per heavy atom. The van der Waals surface area contributed by atoms with Gasteiger partial charge in [0.05, 0.1) is 19.1 Å². The summed E-state index contributed by atoms with van der Waals surface area (Å²) in [5, 5.41) is 2.90. The number of methoxy groups -OCH3 is 2. The molecule has 1 atom stereocenters. The molecular weight excluding hydrogens is 561 g/mol. The van der Waals surface area contributed by atoms with Gasteiger partial charge in [0.2, 0.25) is 21.8 Å². The van der Waals surface area contributed by atoms with Crippen molar-refractivity contribution in [1.29, 1.82) is 0 Å². The summed E-state index contributed by atoms with van der Waals surface area (Å²) in [6, 6.07) is 16.9. The van der Waals surface area contributed by atoms with Crippen LogP contribution in [0.3, 0.4) is 0 Å². The molecule has 0 spiro atoms. The molecular formula is C31H38FN3O6S. The zero-order valence-corrected chi connectivity index (χ0v) is 25.2. The van der Waals surface area contributed by atoms with E-state index in [0.717, 1.165) is 11.1 Å². The molecule has 2 amide bonds. The maximum absolute atomic E-state index is 13.5. The lowest BCUT2D eigenvalue weighted by atomic mass is 10.1. The van der Waals surface area contributed by atoms with Gasteiger partial charge in [-0.25, -0.2) is 17.5 Å². The summed E-state index contributed by atoms with van der Waals surface area (Å²) < 4.78 is 50.9. The van der Waals surface area contributed by atoms with Crippen molar-refractivity contribution in [1.82, 2.24) is 14.9 Å². The van der Waals surface area contributed by atoms with Crippen LogP contribution in [-0.2, 0) is 39.0 Å². The predicted molar refractivity (Wildman–Crippen MR) is 158 cm³/mol. The van der Waals surface area contributed by atoms with Crippen molar-refractivity contribution in [2.24, 2.45) is 0 Å². The average Bonchev–Trinajstić information content (AvgIpc) is 2.99. The second-order valence-corrected chi connectivity index (χ2v) is 11.5. The number of sulfonamides is 1. The summed E-state index contributed by atoms with van der Waals surface area (Å²) in [7, 11) is -0.451. The Hall–Kier alpha value is -3.96. The lowest BCUT2D eigenvalue weighted by molar-refractivity contribution is -0.140. The highest BCUT2D eigenvalue weighted by Crippen LogP contribution is 2.27. The van der Waals surface area contributed by atoms with Crippen LogP contribution in [-0.4, -0.2) is 58.5 Å². The Bertz CT molecular complexity index is 1450. The van der Waals surface area contributed by atoms with Gasteiger partial charge in [-0.2, -0.15) is 0 Å². The lowest BCUT2D eigenvalue weighted by Crippen LogP contribution is -2.48. The first-order valence-corrected chi connectivity index (χ1v) is 15.2. The van der Waals surface area contributed by atoms with Crippen LogP contribution in [0.5, 0.6) is 11.5 Å². The van der Waals surface area contributed by atoms with E-state index in [1.54, 1.807) is 58.4 Å². The quantitative estimate of drug-likeness (QED) is 0.274. The molecule has 2 N–H and O–H groups in total. The highest BCUT2D eigenvalue weighted by molar-refractivity contribution is 7.89. The first-order valence-electron chi connectivity index (χ1n) is 13.7. The molecule has 226 valence electrons. The maximum atomic E-state index is 13.5. The fraction of sp³-hybridized carbons (Fsp3) is 0.355. The number of hydrogen-bond acceptors (Lipinski definition) is 6. The third-order valence-electron chi connectivity index (χ3n) is 6.79. The number of ether oxygens (including phenoxy) is 2. The molecule has 0 saturated carbocycles. The molecule has 9 nitrogen and oxygen atoms in total. The van der Waals surface area contributed by atoms with Crippen molar-refractivity contribution in [3.8, 4) is 11.5 Å². The van der Waals surface area contributed by atoms with E-state index in [4.69, 9.17) is 9.47 Å². The van der Waals surface area contributed by atoms with E-state index in [9.17, 15) is 22.4 Å². The van der Waals surface area contributed by atoms with Gasteiger partial charge in [-0.1, -0.05) is 37.3 Å². The van der Waals surface area contributed by atoms with Crippen LogP contribution in [0.4, 0.5) is 4.39 Å². The van der Waals surface area contributed by atoms with Crippen molar-refractivity contribution < 1.29 is 31.9 Å². The van der Waals surface area contributed by atoms with Crippen molar-refractivity contribution in [3.63, 3.8) is 0 Å². The van der Waals surface area contributed by atoms with Gasteiger partial charge in [0, 0.05) is 26.1 Å². The van der Waals surface area contributed by atoms with Crippen molar-refractivity contribution in [2.75, 3.05) is 27.3 Å². The van der Waals surface area contributed by atoms with Gasteiger partial charge in [-0.15, -0.1) is 0 Å². The smallest absolute Gasteiger partial charge is 0.242 e. The number of nitrogens with one attached hydrogen (secondary N) is 2. The van der Waals surface area contributed by atoms with Crippen LogP contribution in [0.15, 0.2) is 71.6 Å². The number of hydrogen-bond donors (Lipinski definition) is 2. The minimum absolute atomic E-state index is 0.101. The number of aryl methyl sites for hydroxylation is 1. The summed E-state index contributed by atoms with van der Waals surface area (Å²) in [6.45, 7) is 4.12. The third-order valence-corrected chi connectivity index (χ3v) is 8.35. The number of amides is 2. The molecule has 0 unspecified atom stereocenters. The zero-order chi connectivity index (χ0) is 30.7. The minimum Gasteiger partial charge on any atom is -0.493 e. The topological polar surface area (TPSA) is 114 Å². The van der Waals surface area contributed by atoms with E-state index in [1.807, 2.05) is 12.1 Å². The standard InChI is InChI=1S/C31H38FN3O6S/c1-5-34-42(38,39)27-14-8-23(9-15-27)11-17-30(36)35(21-25-6-12-26(32)13-7-25)22(2)31(37)33-19-18-24-10-16-28(40-3)29(20-24)41-4/h6-10,12-16,20,22,34H,5,11,17-19,21H2,1-4H3,(H,33,37)/t22-/m1/s1. The number of rotatable bonds is 15. The SMILES string of the molecule is CCNS(=O)(=O)c1ccc(CCC(=O)N(Cc2ccc(F)cc2)[C@H](C)C(=O)NCCc2ccc(OC)c(OC)c2)cc1. The van der Waals surface area contributed by atoms with Crippen molar-refractivity contribution >= 4 is 21.8 Å². The molecule has 0 aromatic heterocycles. The predicted octanol–water partition coefficient (Wildman–Crippen LogP) is 3.85. The molecule has 0 radical (unpaired) electrons. The molecule has 3 rings (SSSR count). The highest BCUT2D eigenvalue weighted by Gasteiger charge is 2.26. The summed E-state index contributed by atoms with van der Waals surface area (Å²) >= 11 is 0. The van der Waals surface area contributed by atoms with Gasteiger partial charge in [0.25, 0.3) is 0 Å². The summed E-state index contributed by atoms with van der Waals surface area (Å²) in [5.41, 5.74) is 2.42. The van der Waals surface area contributed by atoms with Crippen LogP contribution >= 0.6 is 0 Å². The molecule has 0 heterocycles. The van der Waals surface area contributed by atoms with Crippen molar-refractivity contribution in [2.45, 2.75) is 50.6 Å². The van der Waals surface area contributed by atoms with Gasteiger partial charge >= 0.3 is 0 Å². The Morgan fingerprint density at radius 3 is 2.12 bits per heavy atom. The van der Waals surface area contributed by atoms with Crippen LogP contribution in [0.2, 0.25) is 0 Å². The Kier molecular flexibility index (Phi) is 11.9. The zero-order valence-electron chi connectivity index (χ0n) is 24.4. The molecule has 3 aromatic carbocycles. The molecule has 0 saturated heterocycles. The lowest BCUT2D eigenvalue weighted by Gasteiger charge is -2.29. The van der Waals surface area contributed by atoms with Gasteiger partial charge in [-0.3, -0.25) is 9.59 Å². The molecule has 0 aliphatic rings. The molecule has 0 aliphatic carbocycles. The Labute approximate surface area is 247 Å². The van der Waals surface area contributed by atoms with E-state index in [-0.39, 0.29) is 36.2 Å². The number of nitrogens with zero attached hydrogens (tertiary/aromatic N) is 1. The van der Waals surface area contributed by atoms with E-state index >= 15 is 0 Å². The van der Waals surface area contributed by atoms with Gasteiger partial charge < -0.3 is 19.7 Å². The third kappa shape index (κ3) is 9.02. The molecule has 0 fully saturated rings. The molecule has 0 aliphatic heterocycles. The van der Waals surface area contributed by atoms with Crippen molar-refractivity contribution in [3.05, 3.63) is 89.2 Å². The number of benzene rings is 3. The van der Waals surface area contributed by atoms with Crippen LogP contribution < -0.4 is 19.5 Å². The summed E-state index contributed by atoms with van der Waals surface area (Å²) in [5.74, 6) is 0.246. The minimum atomic E-state index is -3.57. The monoisotopic (exact) mass is 599 g/mol. The Balaban J connectivity index is 1.66. The second-order valence-electron chi connectivity index (χ2n) is 9.70. The van der Waals surface area contributed by atoms with E-state index in [2.05, 4.69) is 10.0 Å². The average molecular weight is 600 g/mol. The molecule has 0 bridgehead atoms. The molecule has 11 heteroatoms. The second kappa shape index (κ2) is 15.3. The molecule has 3 aromatic rings. The van der Waals surface area contributed by atoms with E-state index in [1.165, 1.54) is 29.2 Å². The largest absolute Gasteiger partial charge is 0.493 e. The van der Waals surface area contributed by atoms with Gasteiger partial charge in [-0.05, 0) is 72.9 Å². The maximum Gasteiger partial charge on any atom is 0.242 e. The van der Waals surface area contributed by atoms with E-state index < -0.39 is 21.9 Å². The van der Waals surface area contributed by atoms with Crippen LogP contribution in [0.1, 0.15) is 37.0 Å². The first kappa shape index (κ1) is 32.6. The van der Waals surface area contributed by atoms with E-state index in [0.29, 0.717) is 36.4 Å². The number of halogens is 1. The normalized spacial score (nSPS) is 11.9. The number of carbonyl (C=O) groups excluding carboxylic acids is 2. The van der Waals surface area contributed by atoms with Crippen LogP contribution in [0.25, 0.3) is 0 Å². The molecule has 42 heavy (non-hydrogen) atoms. The van der Waals surface area contributed by atoms with Gasteiger partial charge in [0.1, 0.15) is 11.9 Å². The summed E-state index contributed by atoms with van der Waals surface area (Å²) in [4.78, 5) is 28.2. The number of carbonyl (C=O) groups is 2. The highest BCUT2D eigenvalue weighted by atomic mass is 32.2. The fourth-order valence-corrected chi connectivity index (χ4v) is 5.43. The Morgan fingerprint density at radius 1 is 0.881 bits per heavy atom.